The van der Waals surface area contributed by atoms with Crippen LogP contribution in [0.2, 0.25) is 0 Å². The van der Waals surface area contributed by atoms with Crippen LogP contribution < -0.4 is 4.90 Å². The standard InChI is InChI=1S/C13H17NO4/c1-2-17-13(16)10-4-3-7-14(8-10)12-6-5-11(9-15)18-12/h5-6,9-10H,2-4,7-8H2,1H3. The number of aldehydes is 1. The Morgan fingerprint density at radius 1 is 1.61 bits per heavy atom. The summed E-state index contributed by atoms with van der Waals surface area (Å²) < 4.78 is 10.4. The van der Waals surface area contributed by atoms with E-state index in [-0.39, 0.29) is 11.9 Å². The Bertz CT molecular complexity index is 426. The first-order valence-corrected chi connectivity index (χ1v) is 6.21. The molecule has 0 aliphatic carbocycles. The molecule has 1 unspecified atom stereocenters. The molecule has 1 aromatic heterocycles. The van der Waals surface area contributed by atoms with Crippen molar-refractivity contribution in [3.63, 3.8) is 0 Å². The van der Waals surface area contributed by atoms with Crippen LogP contribution in [0.15, 0.2) is 16.5 Å². The average molecular weight is 251 g/mol. The van der Waals surface area contributed by atoms with Crippen LogP contribution in [0.25, 0.3) is 0 Å². The SMILES string of the molecule is CCOC(=O)C1CCCN(c2ccc(C=O)o2)C1. The fourth-order valence-electron chi connectivity index (χ4n) is 2.21. The molecule has 1 saturated heterocycles. The highest BCUT2D eigenvalue weighted by Crippen LogP contribution is 2.25. The Morgan fingerprint density at radius 2 is 2.44 bits per heavy atom. The summed E-state index contributed by atoms with van der Waals surface area (Å²) in [7, 11) is 0. The molecule has 0 saturated carbocycles. The summed E-state index contributed by atoms with van der Waals surface area (Å²) >= 11 is 0. The zero-order chi connectivity index (χ0) is 13.0. The maximum absolute atomic E-state index is 11.7. The number of esters is 1. The third-order valence-electron chi connectivity index (χ3n) is 3.08. The molecule has 1 fully saturated rings. The number of hydrogen-bond acceptors (Lipinski definition) is 5. The van der Waals surface area contributed by atoms with Crippen LogP contribution >= 0.6 is 0 Å². The predicted molar refractivity (Wildman–Crippen MR) is 65.7 cm³/mol. The van der Waals surface area contributed by atoms with Crippen molar-refractivity contribution in [3.8, 4) is 0 Å². The van der Waals surface area contributed by atoms with Gasteiger partial charge in [-0.15, -0.1) is 0 Å². The van der Waals surface area contributed by atoms with Crippen molar-refractivity contribution in [2.75, 3.05) is 24.6 Å². The quantitative estimate of drug-likeness (QED) is 0.604. The van der Waals surface area contributed by atoms with Gasteiger partial charge in [-0.25, -0.2) is 0 Å². The average Bonchev–Trinajstić information content (AvgIpc) is 2.88. The lowest BCUT2D eigenvalue weighted by Crippen LogP contribution is -2.39. The van der Waals surface area contributed by atoms with Crippen molar-refractivity contribution in [2.45, 2.75) is 19.8 Å². The number of rotatable bonds is 4. The van der Waals surface area contributed by atoms with Crippen LogP contribution in [0.5, 0.6) is 0 Å². The molecule has 1 aliphatic heterocycles. The number of furan rings is 1. The first kappa shape index (κ1) is 12.7. The largest absolute Gasteiger partial charge is 0.466 e. The van der Waals surface area contributed by atoms with Gasteiger partial charge in [0.25, 0.3) is 0 Å². The van der Waals surface area contributed by atoms with E-state index in [0.29, 0.717) is 31.1 Å². The fraction of sp³-hybridized carbons (Fsp3) is 0.538. The van der Waals surface area contributed by atoms with Gasteiger partial charge in [0, 0.05) is 19.2 Å². The second-order valence-electron chi connectivity index (χ2n) is 4.33. The van der Waals surface area contributed by atoms with Crippen molar-refractivity contribution in [1.29, 1.82) is 0 Å². The van der Waals surface area contributed by atoms with Crippen LogP contribution in [0.4, 0.5) is 5.88 Å². The maximum atomic E-state index is 11.7. The molecule has 98 valence electrons. The second-order valence-corrected chi connectivity index (χ2v) is 4.33. The monoisotopic (exact) mass is 251 g/mol. The first-order chi connectivity index (χ1) is 8.74. The number of carbonyl (C=O) groups is 2. The lowest BCUT2D eigenvalue weighted by Gasteiger charge is -2.31. The van der Waals surface area contributed by atoms with Gasteiger partial charge in [0.1, 0.15) is 0 Å². The molecule has 1 aromatic rings. The topological polar surface area (TPSA) is 59.8 Å². The Kier molecular flexibility index (Phi) is 4.02. The van der Waals surface area contributed by atoms with Crippen molar-refractivity contribution < 1.29 is 18.7 Å². The smallest absolute Gasteiger partial charge is 0.310 e. The van der Waals surface area contributed by atoms with Crippen LogP contribution in [0.1, 0.15) is 30.3 Å². The first-order valence-electron chi connectivity index (χ1n) is 6.21. The summed E-state index contributed by atoms with van der Waals surface area (Å²) in [4.78, 5) is 24.3. The number of nitrogens with zero attached hydrogens (tertiary/aromatic N) is 1. The summed E-state index contributed by atoms with van der Waals surface area (Å²) in [5, 5.41) is 0. The van der Waals surface area contributed by atoms with Crippen LogP contribution in [-0.2, 0) is 9.53 Å². The molecule has 2 heterocycles. The fourth-order valence-corrected chi connectivity index (χ4v) is 2.21. The van der Waals surface area contributed by atoms with Gasteiger partial charge < -0.3 is 14.1 Å². The van der Waals surface area contributed by atoms with Gasteiger partial charge in [-0.2, -0.15) is 0 Å². The van der Waals surface area contributed by atoms with E-state index in [0.717, 1.165) is 19.4 Å². The van der Waals surface area contributed by atoms with Crippen molar-refractivity contribution in [1.82, 2.24) is 0 Å². The maximum Gasteiger partial charge on any atom is 0.310 e. The zero-order valence-corrected chi connectivity index (χ0v) is 10.4. The van der Waals surface area contributed by atoms with E-state index >= 15 is 0 Å². The van der Waals surface area contributed by atoms with Crippen LogP contribution in [-0.4, -0.2) is 32.0 Å². The summed E-state index contributed by atoms with van der Waals surface area (Å²) in [5.74, 6) is 0.696. The van der Waals surface area contributed by atoms with E-state index in [1.54, 1.807) is 19.1 Å². The summed E-state index contributed by atoms with van der Waals surface area (Å²) in [6, 6.07) is 3.40. The lowest BCUT2D eigenvalue weighted by atomic mass is 9.98. The minimum Gasteiger partial charge on any atom is -0.466 e. The lowest BCUT2D eigenvalue weighted by molar-refractivity contribution is -0.148. The molecule has 1 atom stereocenters. The highest BCUT2D eigenvalue weighted by Gasteiger charge is 2.28. The van der Waals surface area contributed by atoms with E-state index in [9.17, 15) is 9.59 Å². The molecule has 0 radical (unpaired) electrons. The van der Waals surface area contributed by atoms with Gasteiger partial charge in [-0.1, -0.05) is 0 Å². The highest BCUT2D eigenvalue weighted by molar-refractivity contribution is 5.74. The number of carbonyl (C=O) groups excluding carboxylic acids is 2. The van der Waals surface area contributed by atoms with E-state index in [1.807, 2.05) is 4.90 Å². The van der Waals surface area contributed by atoms with Crippen molar-refractivity contribution in [2.24, 2.45) is 5.92 Å². The third kappa shape index (κ3) is 2.72. The van der Waals surface area contributed by atoms with Gasteiger partial charge >= 0.3 is 5.97 Å². The number of piperidine rings is 1. The number of ether oxygens (including phenoxy) is 1. The van der Waals surface area contributed by atoms with Crippen LogP contribution in [0, 0.1) is 5.92 Å². The summed E-state index contributed by atoms with van der Waals surface area (Å²) in [6.45, 7) is 3.64. The van der Waals surface area contributed by atoms with E-state index < -0.39 is 0 Å². The Hall–Kier alpha value is -1.78. The Balaban J connectivity index is 2.01. The van der Waals surface area contributed by atoms with Crippen molar-refractivity contribution in [3.05, 3.63) is 17.9 Å². The van der Waals surface area contributed by atoms with E-state index in [2.05, 4.69) is 0 Å². The summed E-state index contributed by atoms with van der Waals surface area (Å²) in [6.07, 6.45) is 2.44. The molecule has 5 heteroatoms. The Labute approximate surface area is 106 Å². The van der Waals surface area contributed by atoms with Crippen molar-refractivity contribution >= 4 is 18.1 Å². The molecule has 18 heavy (non-hydrogen) atoms. The molecule has 0 N–H and O–H groups in total. The van der Waals surface area contributed by atoms with Crippen LogP contribution in [0.3, 0.4) is 0 Å². The number of anilines is 1. The molecule has 0 aromatic carbocycles. The van der Waals surface area contributed by atoms with E-state index in [1.165, 1.54) is 0 Å². The molecular weight excluding hydrogens is 234 g/mol. The van der Waals surface area contributed by atoms with Gasteiger partial charge in [-0.05, 0) is 25.8 Å². The zero-order valence-electron chi connectivity index (χ0n) is 10.4. The molecule has 5 nitrogen and oxygen atoms in total. The molecule has 2 rings (SSSR count). The molecule has 0 amide bonds. The number of hydrogen-bond donors (Lipinski definition) is 0. The summed E-state index contributed by atoms with van der Waals surface area (Å²) in [5.41, 5.74) is 0. The van der Waals surface area contributed by atoms with Gasteiger partial charge in [0.05, 0.1) is 12.5 Å². The molecular formula is C13H17NO4. The second kappa shape index (κ2) is 5.71. The normalized spacial score (nSPS) is 19.6. The predicted octanol–water partition coefficient (Wildman–Crippen LogP) is 1.87. The Morgan fingerprint density at radius 3 is 3.11 bits per heavy atom. The minimum atomic E-state index is -0.149. The minimum absolute atomic E-state index is 0.108. The molecule has 0 spiro atoms. The molecule has 0 bridgehead atoms. The highest BCUT2D eigenvalue weighted by atomic mass is 16.5. The molecule has 1 aliphatic rings. The van der Waals surface area contributed by atoms with Gasteiger partial charge in [0.15, 0.2) is 17.9 Å². The van der Waals surface area contributed by atoms with Gasteiger partial charge in [0.2, 0.25) is 0 Å². The van der Waals surface area contributed by atoms with E-state index in [4.69, 9.17) is 9.15 Å². The third-order valence-corrected chi connectivity index (χ3v) is 3.08. The van der Waals surface area contributed by atoms with Gasteiger partial charge in [-0.3, -0.25) is 9.59 Å².